The van der Waals surface area contributed by atoms with Gasteiger partial charge in [0.15, 0.2) is 0 Å². The minimum Gasteiger partial charge on any atom is -0.465 e. The quantitative estimate of drug-likeness (QED) is 0.658. The second-order valence-electron chi connectivity index (χ2n) is 6.54. The molecule has 0 heterocycles. The Morgan fingerprint density at radius 1 is 1.30 bits per heavy atom. The fourth-order valence-electron chi connectivity index (χ4n) is 2.99. The van der Waals surface area contributed by atoms with E-state index in [0.29, 0.717) is 24.6 Å². The number of likely N-dealkylation sites (N-methyl/N-ethyl adjacent to an activating group) is 1. The van der Waals surface area contributed by atoms with Gasteiger partial charge in [0.2, 0.25) is 0 Å². The normalized spacial score (nSPS) is 22.1. The molecule has 0 radical (unpaired) electrons. The van der Waals surface area contributed by atoms with Crippen LogP contribution in [0, 0.1) is 5.92 Å². The van der Waals surface area contributed by atoms with Crippen LogP contribution in [0.25, 0.3) is 0 Å². The first-order valence-electron chi connectivity index (χ1n) is 8.22. The van der Waals surface area contributed by atoms with Crippen LogP contribution < -0.4 is 5.32 Å². The van der Waals surface area contributed by atoms with Gasteiger partial charge in [0.25, 0.3) is 0 Å². The van der Waals surface area contributed by atoms with E-state index in [9.17, 15) is 4.79 Å². The molecule has 1 atom stereocenters. The van der Waals surface area contributed by atoms with E-state index in [-0.39, 0.29) is 5.97 Å². The van der Waals surface area contributed by atoms with E-state index in [1.165, 1.54) is 12.8 Å². The van der Waals surface area contributed by atoms with E-state index in [1.807, 2.05) is 6.92 Å². The molecule has 0 amide bonds. The van der Waals surface area contributed by atoms with Gasteiger partial charge in [-0.25, -0.2) is 4.79 Å². The SMILES string of the molecule is CCOC(=O)C(CN(CC)C(C)C)(NC1CC1)C1CC1. The second-order valence-corrected chi connectivity index (χ2v) is 6.54. The lowest BCUT2D eigenvalue weighted by molar-refractivity contribution is -0.153. The third-order valence-corrected chi connectivity index (χ3v) is 4.54. The summed E-state index contributed by atoms with van der Waals surface area (Å²) in [6, 6.07) is 0.972. The minimum atomic E-state index is -0.475. The maximum absolute atomic E-state index is 12.7. The molecule has 2 rings (SSSR count). The molecule has 4 heteroatoms. The van der Waals surface area contributed by atoms with Crippen LogP contribution in [0.5, 0.6) is 0 Å². The van der Waals surface area contributed by atoms with E-state index < -0.39 is 5.54 Å². The van der Waals surface area contributed by atoms with Crippen LogP contribution in [0.4, 0.5) is 0 Å². The molecule has 0 aromatic rings. The van der Waals surface area contributed by atoms with Gasteiger partial charge in [0.1, 0.15) is 5.54 Å². The molecule has 20 heavy (non-hydrogen) atoms. The maximum atomic E-state index is 12.7. The van der Waals surface area contributed by atoms with Crippen LogP contribution in [0.1, 0.15) is 53.4 Å². The summed E-state index contributed by atoms with van der Waals surface area (Å²) < 4.78 is 5.43. The molecule has 2 fully saturated rings. The molecule has 0 aromatic carbocycles. The highest BCUT2D eigenvalue weighted by Crippen LogP contribution is 2.43. The molecule has 2 aliphatic carbocycles. The Morgan fingerprint density at radius 3 is 2.35 bits per heavy atom. The van der Waals surface area contributed by atoms with Crippen molar-refractivity contribution in [1.82, 2.24) is 10.2 Å². The number of ether oxygens (including phenoxy) is 1. The van der Waals surface area contributed by atoms with Crippen molar-refractivity contribution in [1.29, 1.82) is 0 Å². The van der Waals surface area contributed by atoms with Crippen LogP contribution in [0.3, 0.4) is 0 Å². The molecule has 0 aliphatic heterocycles. The fraction of sp³-hybridized carbons (Fsp3) is 0.938. The van der Waals surface area contributed by atoms with Gasteiger partial charge in [-0.3, -0.25) is 10.2 Å². The van der Waals surface area contributed by atoms with Gasteiger partial charge in [-0.05, 0) is 58.9 Å². The van der Waals surface area contributed by atoms with E-state index >= 15 is 0 Å². The summed E-state index contributed by atoms with van der Waals surface area (Å²) in [6.07, 6.45) is 4.69. The molecule has 1 N–H and O–H groups in total. The van der Waals surface area contributed by atoms with Crippen molar-refractivity contribution in [3.8, 4) is 0 Å². The van der Waals surface area contributed by atoms with Crippen molar-refractivity contribution < 1.29 is 9.53 Å². The summed E-state index contributed by atoms with van der Waals surface area (Å²) in [5.74, 6) is 0.420. The summed E-state index contributed by atoms with van der Waals surface area (Å²) in [6.45, 7) is 10.7. The largest absolute Gasteiger partial charge is 0.465 e. The zero-order valence-corrected chi connectivity index (χ0v) is 13.4. The Hall–Kier alpha value is -0.610. The molecular formula is C16H30N2O2. The van der Waals surface area contributed by atoms with Crippen LogP contribution in [-0.4, -0.2) is 48.2 Å². The molecule has 0 spiro atoms. The number of carbonyl (C=O) groups is 1. The molecule has 0 aromatic heterocycles. The molecule has 116 valence electrons. The smallest absolute Gasteiger partial charge is 0.327 e. The van der Waals surface area contributed by atoms with Gasteiger partial charge in [-0.2, -0.15) is 0 Å². The number of esters is 1. The van der Waals surface area contributed by atoms with Crippen molar-refractivity contribution in [3.05, 3.63) is 0 Å². The lowest BCUT2D eigenvalue weighted by Crippen LogP contribution is -2.62. The summed E-state index contributed by atoms with van der Waals surface area (Å²) in [5, 5.41) is 3.65. The highest BCUT2D eigenvalue weighted by Gasteiger charge is 2.54. The molecule has 1 unspecified atom stereocenters. The summed E-state index contributed by atoms with van der Waals surface area (Å²) >= 11 is 0. The minimum absolute atomic E-state index is 0.0338. The number of carbonyl (C=O) groups excluding carboxylic acids is 1. The van der Waals surface area contributed by atoms with Crippen LogP contribution in [-0.2, 0) is 9.53 Å². The maximum Gasteiger partial charge on any atom is 0.327 e. The van der Waals surface area contributed by atoms with Crippen LogP contribution in [0.15, 0.2) is 0 Å². The monoisotopic (exact) mass is 282 g/mol. The average Bonchev–Trinajstić information content (AvgIpc) is 3.27. The first-order valence-corrected chi connectivity index (χ1v) is 8.22. The van der Waals surface area contributed by atoms with Crippen molar-refractivity contribution in [2.75, 3.05) is 19.7 Å². The average molecular weight is 282 g/mol. The van der Waals surface area contributed by atoms with Gasteiger partial charge in [-0.1, -0.05) is 6.92 Å². The van der Waals surface area contributed by atoms with Crippen molar-refractivity contribution >= 4 is 5.97 Å². The molecule has 2 aliphatic rings. The third-order valence-electron chi connectivity index (χ3n) is 4.54. The number of nitrogens with zero attached hydrogens (tertiary/aromatic N) is 1. The highest BCUT2D eigenvalue weighted by molar-refractivity contribution is 5.82. The Morgan fingerprint density at radius 2 is 1.95 bits per heavy atom. The van der Waals surface area contributed by atoms with Gasteiger partial charge >= 0.3 is 5.97 Å². The van der Waals surface area contributed by atoms with Crippen LogP contribution >= 0.6 is 0 Å². The van der Waals surface area contributed by atoms with Gasteiger partial charge in [-0.15, -0.1) is 0 Å². The number of hydrogen-bond donors (Lipinski definition) is 1. The first-order chi connectivity index (χ1) is 9.53. The number of rotatable bonds is 9. The van der Waals surface area contributed by atoms with Gasteiger partial charge in [0, 0.05) is 18.6 Å². The molecule has 2 saturated carbocycles. The Kier molecular flexibility index (Phi) is 5.08. The standard InChI is InChI=1S/C16H30N2O2/c1-5-18(12(3)4)11-16(13-7-8-13,15(19)20-6-2)17-14-9-10-14/h12-14,17H,5-11H2,1-4H3. The van der Waals surface area contributed by atoms with Crippen molar-refractivity contribution in [2.45, 2.75) is 71.0 Å². The Labute approximate surface area is 123 Å². The van der Waals surface area contributed by atoms with E-state index in [0.717, 1.165) is 25.9 Å². The zero-order chi connectivity index (χ0) is 14.8. The summed E-state index contributed by atoms with van der Waals surface area (Å²) in [5.41, 5.74) is -0.475. The highest BCUT2D eigenvalue weighted by atomic mass is 16.5. The fourth-order valence-corrected chi connectivity index (χ4v) is 2.99. The Bertz CT molecular complexity index is 337. The summed E-state index contributed by atoms with van der Waals surface area (Å²) in [7, 11) is 0. The predicted molar refractivity (Wildman–Crippen MR) is 80.6 cm³/mol. The van der Waals surface area contributed by atoms with E-state index in [1.54, 1.807) is 0 Å². The lowest BCUT2D eigenvalue weighted by Gasteiger charge is -2.39. The van der Waals surface area contributed by atoms with E-state index in [2.05, 4.69) is 31.0 Å². The van der Waals surface area contributed by atoms with Crippen molar-refractivity contribution in [3.63, 3.8) is 0 Å². The molecular weight excluding hydrogens is 252 g/mol. The molecule has 4 nitrogen and oxygen atoms in total. The number of nitrogens with one attached hydrogen (secondary N) is 1. The summed E-state index contributed by atoms with van der Waals surface area (Å²) in [4.78, 5) is 15.1. The predicted octanol–water partition coefficient (Wildman–Crippen LogP) is 2.18. The van der Waals surface area contributed by atoms with Gasteiger partial charge < -0.3 is 4.74 Å². The zero-order valence-electron chi connectivity index (χ0n) is 13.4. The third kappa shape index (κ3) is 3.53. The van der Waals surface area contributed by atoms with Gasteiger partial charge in [0.05, 0.1) is 6.61 Å². The number of hydrogen-bond acceptors (Lipinski definition) is 4. The molecule has 0 bridgehead atoms. The van der Waals surface area contributed by atoms with E-state index in [4.69, 9.17) is 4.74 Å². The second kappa shape index (κ2) is 6.44. The first kappa shape index (κ1) is 15.8. The van der Waals surface area contributed by atoms with Crippen LogP contribution in [0.2, 0.25) is 0 Å². The topological polar surface area (TPSA) is 41.6 Å². The lowest BCUT2D eigenvalue weighted by atomic mass is 9.91. The molecule has 0 saturated heterocycles. The van der Waals surface area contributed by atoms with Crippen molar-refractivity contribution in [2.24, 2.45) is 5.92 Å². The Balaban J connectivity index is 2.17.